The zero-order chi connectivity index (χ0) is 26.5. The summed E-state index contributed by atoms with van der Waals surface area (Å²) in [6.07, 6.45) is -5.43. The van der Waals surface area contributed by atoms with Crippen molar-refractivity contribution in [3.8, 4) is 0 Å². The van der Waals surface area contributed by atoms with Crippen molar-refractivity contribution in [3.05, 3.63) is 68.7 Å². The van der Waals surface area contributed by atoms with Crippen LogP contribution in [0.4, 0.5) is 13.2 Å². The summed E-state index contributed by atoms with van der Waals surface area (Å²) in [6.45, 7) is 3.59. The molecule has 1 fully saturated rings. The van der Waals surface area contributed by atoms with Gasteiger partial charge in [0.25, 0.3) is 11.5 Å². The van der Waals surface area contributed by atoms with Crippen molar-refractivity contribution in [2.75, 3.05) is 18.8 Å². The van der Waals surface area contributed by atoms with E-state index in [0.29, 0.717) is 16.7 Å². The van der Waals surface area contributed by atoms with Crippen molar-refractivity contribution in [1.82, 2.24) is 9.62 Å². The number of carbonyl (C=O) groups excluding carboxylic acids is 1. The molecule has 2 aromatic carbocycles. The summed E-state index contributed by atoms with van der Waals surface area (Å²) in [5.41, 5.74) is -1.77. The van der Waals surface area contributed by atoms with E-state index in [1.165, 1.54) is 22.5 Å². The molecule has 194 valence electrons. The molecule has 0 saturated carbocycles. The predicted octanol–water partition coefficient (Wildman–Crippen LogP) is 4.65. The quantitative estimate of drug-likeness (QED) is 0.554. The lowest BCUT2D eigenvalue weighted by Crippen LogP contribution is -2.61. The van der Waals surface area contributed by atoms with Crippen LogP contribution in [0.25, 0.3) is 0 Å². The first-order valence-corrected chi connectivity index (χ1v) is 13.3. The molecule has 2 heterocycles. The number of hydrogen-bond donors (Lipinski definition) is 1. The van der Waals surface area contributed by atoms with E-state index in [0.717, 1.165) is 12.1 Å². The van der Waals surface area contributed by atoms with E-state index in [1.54, 1.807) is 19.9 Å². The fraction of sp³-hybridized carbons (Fsp3) is 0.391. The minimum atomic E-state index is -4.82. The second-order valence-corrected chi connectivity index (χ2v) is 11.8. The number of hydrogen-bond acceptors (Lipinski definition) is 5. The van der Waals surface area contributed by atoms with E-state index < -0.39 is 34.1 Å². The number of nitrogens with one attached hydrogen (secondary N) is 1. The van der Waals surface area contributed by atoms with Gasteiger partial charge in [-0.05, 0) is 55.3 Å². The maximum absolute atomic E-state index is 14.2. The molecular weight excluding hydrogens is 542 g/mol. The topological polar surface area (TPSA) is 88.1 Å². The minimum absolute atomic E-state index is 0.0121. The number of benzene rings is 2. The molecular formula is C23H22Cl2F3N3O4S. The normalized spacial score (nSPS) is 21.0. The molecule has 0 aromatic heterocycles. The van der Waals surface area contributed by atoms with Crippen LogP contribution in [0.5, 0.6) is 0 Å². The Labute approximate surface area is 216 Å². The van der Waals surface area contributed by atoms with Crippen molar-refractivity contribution < 1.29 is 31.2 Å². The highest BCUT2D eigenvalue weighted by atomic mass is 35.5. The number of rotatable bonds is 6. The molecule has 2 aromatic rings. The molecule has 2 aliphatic rings. The number of aryl methyl sites for hydroxylation is 1. The predicted molar refractivity (Wildman–Crippen MR) is 130 cm³/mol. The highest BCUT2D eigenvalue weighted by molar-refractivity contribution is 7.89. The second-order valence-electron chi connectivity index (χ2n) is 8.71. The lowest BCUT2D eigenvalue weighted by molar-refractivity contribution is -0.275. The van der Waals surface area contributed by atoms with Crippen molar-refractivity contribution in [2.24, 2.45) is 5.16 Å². The molecule has 13 heteroatoms. The Balaban J connectivity index is 1.50. The Bertz CT molecular complexity index is 1320. The van der Waals surface area contributed by atoms with Crippen molar-refractivity contribution in [2.45, 2.75) is 38.1 Å². The highest BCUT2D eigenvalue weighted by Gasteiger charge is 2.62. The van der Waals surface area contributed by atoms with Gasteiger partial charge >= 0.3 is 6.18 Å². The molecule has 36 heavy (non-hydrogen) atoms. The van der Waals surface area contributed by atoms with Gasteiger partial charge in [-0.25, -0.2) is 8.42 Å². The van der Waals surface area contributed by atoms with E-state index in [9.17, 15) is 26.4 Å². The van der Waals surface area contributed by atoms with Gasteiger partial charge in [0.2, 0.25) is 10.0 Å². The molecule has 7 nitrogen and oxygen atoms in total. The highest BCUT2D eigenvalue weighted by Crippen LogP contribution is 2.49. The summed E-state index contributed by atoms with van der Waals surface area (Å²) in [4.78, 5) is 17.7. The summed E-state index contributed by atoms with van der Waals surface area (Å²) in [5.74, 6) is -0.414. The van der Waals surface area contributed by atoms with E-state index >= 15 is 0 Å². The molecule has 1 saturated heterocycles. The number of nitrogens with zero attached hydrogens (tertiary/aromatic N) is 2. The van der Waals surface area contributed by atoms with Crippen LogP contribution < -0.4 is 5.32 Å². The lowest BCUT2D eigenvalue weighted by Gasteiger charge is -2.38. The van der Waals surface area contributed by atoms with E-state index in [-0.39, 0.29) is 46.2 Å². The van der Waals surface area contributed by atoms with Crippen LogP contribution in [0.2, 0.25) is 10.0 Å². The summed E-state index contributed by atoms with van der Waals surface area (Å²) in [5, 5.41) is 6.58. The van der Waals surface area contributed by atoms with E-state index in [4.69, 9.17) is 28.0 Å². The van der Waals surface area contributed by atoms with Crippen LogP contribution in [0.15, 0.2) is 41.6 Å². The first kappa shape index (κ1) is 26.7. The smallest absolute Gasteiger partial charge is 0.374 e. The van der Waals surface area contributed by atoms with Gasteiger partial charge in [0.1, 0.15) is 0 Å². The first-order chi connectivity index (χ1) is 16.8. The number of sulfonamides is 1. The molecule has 0 radical (unpaired) electrons. The standard InChI is InChI=1S/C23H22Cl2F3N3O4S/c1-3-36(33,34)31-11-18(12-31)29-21(32)19-5-4-14(6-13(19)2)20-10-22(35-30-20,23(26,27)28)15-7-16(24)9-17(25)8-15/h4-9,18H,3,10-12H2,1-2H3,(H,29,32)/t22-/m0/s1. The SMILES string of the molecule is CCS(=O)(=O)N1CC(NC(=O)c2ccc(C3=NO[C@@](c4cc(Cl)cc(Cl)c4)(C(F)(F)F)C3)cc2C)C1. The third-order valence-electron chi connectivity index (χ3n) is 6.26. The van der Waals surface area contributed by atoms with Crippen molar-refractivity contribution in [1.29, 1.82) is 0 Å². The van der Waals surface area contributed by atoms with Crippen LogP contribution in [0.3, 0.4) is 0 Å². The van der Waals surface area contributed by atoms with Gasteiger partial charge in [-0.1, -0.05) is 34.4 Å². The molecule has 4 rings (SSSR count). The van der Waals surface area contributed by atoms with Gasteiger partial charge in [-0.3, -0.25) is 4.79 Å². The number of alkyl halides is 3. The van der Waals surface area contributed by atoms with Gasteiger partial charge in [0.15, 0.2) is 0 Å². The summed E-state index contributed by atoms with van der Waals surface area (Å²) in [6, 6.07) is 7.84. The molecule has 0 aliphatic carbocycles. The molecule has 0 bridgehead atoms. The minimum Gasteiger partial charge on any atom is -0.374 e. The lowest BCUT2D eigenvalue weighted by atomic mass is 9.86. The van der Waals surface area contributed by atoms with Crippen LogP contribution in [-0.2, 0) is 20.5 Å². The van der Waals surface area contributed by atoms with Gasteiger partial charge in [-0.2, -0.15) is 17.5 Å². The number of carbonyl (C=O) groups is 1. The number of amides is 1. The maximum atomic E-state index is 14.2. The van der Waals surface area contributed by atoms with E-state index in [2.05, 4.69) is 10.5 Å². The van der Waals surface area contributed by atoms with Crippen LogP contribution in [-0.4, -0.2) is 55.4 Å². The Hall–Kier alpha value is -2.34. The van der Waals surface area contributed by atoms with Crippen molar-refractivity contribution >= 4 is 44.8 Å². The molecule has 1 amide bonds. The molecule has 2 aliphatic heterocycles. The number of halogens is 5. The van der Waals surface area contributed by atoms with Crippen molar-refractivity contribution in [3.63, 3.8) is 0 Å². The Morgan fingerprint density at radius 3 is 2.39 bits per heavy atom. The zero-order valence-corrected chi connectivity index (χ0v) is 21.5. The average molecular weight is 564 g/mol. The van der Waals surface area contributed by atoms with Crippen LogP contribution in [0, 0.1) is 6.92 Å². The summed E-state index contributed by atoms with van der Waals surface area (Å²) >= 11 is 11.9. The third kappa shape index (κ3) is 4.93. The monoisotopic (exact) mass is 563 g/mol. The first-order valence-electron chi connectivity index (χ1n) is 10.9. The maximum Gasteiger partial charge on any atom is 0.435 e. The molecule has 0 spiro atoms. The van der Waals surface area contributed by atoms with Gasteiger partial charge < -0.3 is 10.2 Å². The van der Waals surface area contributed by atoms with Gasteiger partial charge in [0.05, 0.1) is 17.5 Å². The Kier molecular flexibility index (Phi) is 7.06. The summed E-state index contributed by atoms with van der Waals surface area (Å²) < 4.78 is 67.6. The zero-order valence-electron chi connectivity index (χ0n) is 19.2. The average Bonchev–Trinajstić information content (AvgIpc) is 3.22. The fourth-order valence-corrected chi connectivity index (χ4v) is 5.85. The number of oxime groups is 1. The largest absolute Gasteiger partial charge is 0.435 e. The summed E-state index contributed by atoms with van der Waals surface area (Å²) in [7, 11) is -3.30. The van der Waals surface area contributed by atoms with Crippen LogP contribution in [0.1, 0.15) is 40.4 Å². The van der Waals surface area contributed by atoms with Crippen LogP contribution >= 0.6 is 23.2 Å². The van der Waals surface area contributed by atoms with E-state index in [1.807, 2.05) is 0 Å². The molecule has 1 N–H and O–H groups in total. The Morgan fingerprint density at radius 1 is 1.19 bits per heavy atom. The fourth-order valence-electron chi connectivity index (χ4n) is 4.15. The molecule has 0 unspecified atom stereocenters. The second kappa shape index (κ2) is 9.51. The third-order valence-corrected chi connectivity index (χ3v) is 8.51. The van der Waals surface area contributed by atoms with Gasteiger partial charge in [-0.15, -0.1) is 0 Å². The van der Waals surface area contributed by atoms with Gasteiger partial charge in [0, 0.05) is 40.7 Å². The molecule has 1 atom stereocenters. The Morgan fingerprint density at radius 2 is 1.83 bits per heavy atom.